The summed E-state index contributed by atoms with van der Waals surface area (Å²) in [5.74, 6) is 0. The summed E-state index contributed by atoms with van der Waals surface area (Å²) in [7, 11) is -2.24. The maximum atomic E-state index is 13.4. The number of sulfonamides is 1. The van der Waals surface area contributed by atoms with Gasteiger partial charge >= 0.3 is 5.69 Å². The van der Waals surface area contributed by atoms with Crippen molar-refractivity contribution in [1.82, 2.24) is 33.6 Å². The molecule has 0 radical (unpaired) electrons. The molecule has 1 atom stereocenters. The number of nitrogens with one attached hydrogen (secondary N) is 2. The second-order valence-corrected chi connectivity index (χ2v) is 9.78. The first-order chi connectivity index (χ1) is 14.3. The van der Waals surface area contributed by atoms with Gasteiger partial charge in [0.1, 0.15) is 15.7 Å². The summed E-state index contributed by atoms with van der Waals surface area (Å²) in [4.78, 5) is 23.0. The van der Waals surface area contributed by atoms with E-state index >= 15 is 0 Å². The van der Waals surface area contributed by atoms with Gasteiger partial charge in [0.25, 0.3) is 0 Å². The van der Waals surface area contributed by atoms with Crippen LogP contribution in [0.4, 0.5) is 0 Å². The van der Waals surface area contributed by atoms with Gasteiger partial charge in [-0.2, -0.15) is 9.40 Å². The van der Waals surface area contributed by atoms with Crippen molar-refractivity contribution in [2.45, 2.75) is 30.7 Å². The fourth-order valence-corrected chi connectivity index (χ4v) is 6.58. The van der Waals surface area contributed by atoms with Crippen molar-refractivity contribution in [3.63, 3.8) is 0 Å². The molecule has 0 unspecified atom stereocenters. The summed E-state index contributed by atoms with van der Waals surface area (Å²) in [6.45, 7) is 2.16. The highest BCUT2D eigenvalue weighted by molar-refractivity contribution is 7.89. The minimum atomic E-state index is -3.85. The van der Waals surface area contributed by atoms with Crippen LogP contribution >= 0.6 is 11.6 Å². The van der Waals surface area contributed by atoms with Crippen molar-refractivity contribution in [1.29, 1.82) is 0 Å². The lowest BCUT2D eigenvalue weighted by molar-refractivity contribution is 0.267. The van der Waals surface area contributed by atoms with Crippen molar-refractivity contribution < 1.29 is 8.42 Å². The van der Waals surface area contributed by atoms with Gasteiger partial charge < -0.3 is 9.97 Å². The molecule has 10 nitrogen and oxygen atoms in total. The van der Waals surface area contributed by atoms with E-state index in [0.29, 0.717) is 36.2 Å². The number of hydrogen-bond donors (Lipinski definition) is 2. The highest BCUT2D eigenvalue weighted by Crippen LogP contribution is 2.33. The van der Waals surface area contributed by atoms with E-state index in [4.69, 9.17) is 11.6 Å². The van der Waals surface area contributed by atoms with E-state index in [1.54, 1.807) is 30.9 Å². The zero-order valence-corrected chi connectivity index (χ0v) is 18.0. The van der Waals surface area contributed by atoms with E-state index in [0.717, 1.165) is 10.9 Å². The Morgan fingerprint density at radius 1 is 1.33 bits per heavy atom. The number of pyridine rings is 1. The van der Waals surface area contributed by atoms with Gasteiger partial charge in [-0.25, -0.2) is 18.2 Å². The zero-order valence-electron chi connectivity index (χ0n) is 16.4. The van der Waals surface area contributed by atoms with E-state index in [1.807, 2.05) is 6.07 Å². The van der Waals surface area contributed by atoms with Crippen molar-refractivity contribution in [2.24, 2.45) is 7.05 Å². The average molecular weight is 450 g/mol. The van der Waals surface area contributed by atoms with E-state index < -0.39 is 10.0 Å². The van der Waals surface area contributed by atoms with E-state index in [-0.39, 0.29) is 28.3 Å². The smallest absolute Gasteiger partial charge is 0.326 e. The molecular formula is C18H20ClN7O3S. The van der Waals surface area contributed by atoms with Crippen LogP contribution < -0.4 is 5.69 Å². The summed E-state index contributed by atoms with van der Waals surface area (Å²) < 4.78 is 31.1. The van der Waals surface area contributed by atoms with Gasteiger partial charge in [-0.15, -0.1) is 0 Å². The van der Waals surface area contributed by atoms with Gasteiger partial charge in [-0.3, -0.25) is 9.25 Å². The molecule has 0 spiro atoms. The quantitative estimate of drug-likeness (QED) is 0.495. The predicted octanol–water partition coefficient (Wildman–Crippen LogP) is 1.93. The third-order valence-electron chi connectivity index (χ3n) is 5.68. The van der Waals surface area contributed by atoms with Gasteiger partial charge in [-0.1, -0.05) is 11.6 Å². The number of rotatable bonds is 3. The van der Waals surface area contributed by atoms with E-state index in [1.165, 1.54) is 8.99 Å². The molecule has 0 amide bonds. The molecule has 0 saturated carbocycles. The maximum absolute atomic E-state index is 13.4. The number of aromatic amines is 2. The fourth-order valence-electron chi connectivity index (χ4n) is 4.35. The Bertz CT molecular complexity index is 1450. The number of aromatic nitrogens is 6. The van der Waals surface area contributed by atoms with Crippen LogP contribution in [0.3, 0.4) is 0 Å². The number of piperidine rings is 1. The second kappa shape index (κ2) is 6.69. The van der Waals surface area contributed by atoms with Crippen LogP contribution in [0.2, 0.25) is 5.15 Å². The Morgan fingerprint density at radius 3 is 2.87 bits per heavy atom. The zero-order chi connectivity index (χ0) is 21.2. The predicted molar refractivity (Wildman–Crippen MR) is 112 cm³/mol. The first-order valence-electron chi connectivity index (χ1n) is 9.54. The highest BCUT2D eigenvalue weighted by Gasteiger charge is 2.36. The number of hydrogen-bond acceptors (Lipinski definition) is 5. The van der Waals surface area contributed by atoms with Crippen molar-refractivity contribution in [3.8, 4) is 0 Å². The number of H-pyrrole nitrogens is 2. The lowest BCUT2D eigenvalue weighted by Crippen LogP contribution is -2.42. The number of halogens is 1. The molecule has 5 heterocycles. The van der Waals surface area contributed by atoms with Gasteiger partial charge in [0.15, 0.2) is 0 Å². The molecule has 1 aliphatic rings. The second-order valence-electron chi connectivity index (χ2n) is 7.55. The Kier molecular flexibility index (Phi) is 4.31. The molecule has 2 N–H and O–H groups in total. The number of nitrogens with zero attached hydrogens (tertiary/aromatic N) is 5. The molecule has 1 fully saturated rings. The third-order valence-corrected chi connectivity index (χ3v) is 8.24. The molecule has 0 aromatic carbocycles. The molecule has 12 heteroatoms. The summed E-state index contributed by atoms with van der Waals surface area (Å²) in [5.41, 5.74) is 2.10. The van der Waals surface area contributed by atoms with Gasteiger partial charge in [-0.05, 0) is 25.8 Å². The van der Waals surface area contributed by atoms with Gasteiger partial charge in [0.05, 0.1) is 29.0 Å². The molecule has 1 aliphatic heterocycles. The van der Waals surface area contributed by atoms with E-state index in [9.17, 15) is 13.2 Å². The molecule has 4 aromatic heterocycles. The summed E-state index contributed by atoms with van der Waals surface area (Å²) >= 11 is 6.23. The van der Waals surface area contributed by atoms with Crippen LogP contribution in [-0.4, -0.2) is 55.1 Å². The minimum absolute atomic E-state index is 0.0239. The average Bonchev–Trinajstić information content (AvgIpc) is 3.37. The Morgan fingerprint density at radius 2 is 2.13 bits per heavy atom. The molecule has 158 valence electrons. The third kappa shape index (κ3) is 2.72. The topological polar surface area (TPSA) is 122 Å². The highest BCUT2D eigenvalue weighted by atomic mass is 35.5. The monoisotopic (exact) mass is 449 g/mol. The Labute approximate surface area is 176 Å². The summed E-state index contributed by atoms with van der Waals surface area (Å²) in [6, 6.07) is 1.55. The van der Waals surface area contributed by atoms with Crippen LogP contribution in [0.25, 0.3) is 22.1 Å². The Hall–Kier alpha value is -2.63. The van der Waals surface area contributed by atoms with Crippen LogP contribution in [-0.2, 0) is 17.1 Å². The van der Waals surface area contributed by atoms with Gasteiger partial charge in [0.2, 0.25) is 10.0 Å². The van der Waals surface area contributed by atoms with Crippen molar-refractivity contribution in [3.05, 3.63) is 39.8 Å². The maximum Gasteiger partial charge on any atom is 0.326 e. The SMILES string of the molecule is Cc1nn(C)c(Cl)c1S(=O)(=O)N1CCC[C@@H](n2c(=O)[nH]c3cnc4[nH]ccc4c32)C1. The molecule has 30 heavy (non-hydrogen) atoms. The largest absolute Gasteiger partial charge is 0.346 e. The lowest BCUT2D eigenvalue weighted by atomic mass is 10.1. The molecule has 5 rings (SSSR count). The first kappa shape index (κ1) is 19.3. The number of fused-ring (bicyclic) bond motifs is 3. The number of imidazole rings is 1. The van der Waals surface area contributed by atoms with Crippen LogP contribution in [0.15, 0.2) is 28.2 Å². The normalized spacial score (nSPS) is 18.6. The minimum Gasteiger partial charge on any atom is -0.346 e. The standard InChI is InChI=1S/C18H20ClN7O3S/c1-10-15(16(19)24(2)23-10)30(28,29)25-7-3-4-11(9-25)26-14-12-5-6-20-17(12)21-8-13(14)22-18(26)27/h5-6,8,11H,3-4,7,9H2,1-2H3,(H,20,21)(H,22,27)/t11-/m1/s1. The molecule has 0 aliphatic carbocycles. The fraction of sp³-hybridized carbons (Fsp3) is 0.389. The van der Waals surface area contributed by atoms with Crippen molar-refractivity contribution in [2.75, 3.05) is 13.1 Å². The van der Waals surface area contributed by atoms with Crippen molar-refractivity contribution >= 4 is 43.7 Å². The summed E-state index contributed by atoms with van der Waals surface area (Å²) in [5, 5.41) is 5.03. The van der Waals surface area contributed by atoms with Crippen LogP contribution in [0.1, 0.15) is 24.6 Å². The first-order valence-corrected chi connectivity index (χ1v) is 11.4. The molecular weight excluding hydrogens is 430 g/mol. The lowest BCUT2D eigenvalue weighted by Gasteiger charge is -2.32. The summed E-state index contributed by atoms with van der Waals surface area (Å²) in [6.07, 6.45) is 4.69. The Balaban J connectivity index is 1.59. The van der Waals surface area contributed by atoms with Crippen LogP contribution in [0, 0.1) is 6.92 Å². The number of aryl methyl sites for hydroxylation is 2. The molecule has 4 aromatic rings. The van der Waals surface area contributed by atoms with E-state index in [2.05, 4.69) is 20.1 Å². The van der Waals surface area contributed by atoms with Crippen LogP contribution in [0.5, 0.6) is 0 Å². The molecule has 1 saturated heterocycles. The molecule has 0 bridgehead atoms. The van der Waals surface area contributed by atoms with Gasteiger partial charge in [0, 0.05) is 31.7 Å².